The zero-order valence-corrected chi connectivity index (χ0v) is 74.0. The molecule has 0 spiro atoms. The second kappa shape index (κ2) is 34.6. The van der Waals surface area contributed by atoms with Crippen LogP contribution in [-0.4, -0.2) is 82.9 Å². The van der Waals surface area contributed by atoms with E-state index in [0.717, 1.165) is 169 Å². The third-order valence-corrected chi connectivity index (χ3v) is 28.6. The van der Waals surface area contributed by atoms with Crippen molar-refractivity contribution >= 4 is 34.7 Å². The van der Waals surface area contributed by atoms with Crippen molar-refractivity contribution in [3.63, 3.8) is 0 Å². The first-order chi connectivity index (χ1) is 61.7. The van der Waals surface area contributed by atoms with Crippen LogP contribution < -0.4 is 0 Å². The number of ketones is 4. The molecule has 8 heterocycles. The Hall–Kier alpha value is -14.3. The van der Waals surface area contributed by atoms with Gasteiger partial charge in [0.2, 0.25) is 22.8 Å². The second-order valence-electron chi connectivity index (χ2n) is 35.8. The average Bonchev–Trinajstić information content (AvgIpc) is 0.734. The quantitative estimate of drug-likeness (QED) is 0.128. The highest BCUT2D eigenvalue weighted by Gasteiger charge is 2.54. The molecule has 21 heteroatoms. The van der Waals surface area contributed by atoms with Gasteiger partial charge in [0.1, 0.15) is 0 Å². The summed E-state index contributed by atoms with van der Waals surface area (Å²) in [7, 11) is 0. The highest BCUT2D eigenvalue weighted by molar-refractivity contribution is 6.31. The monoisotopic (exact) mass is 1700 g/mol. The van der Waals surface area contributed by atoms with E-state index in [0.29, 0.717) is 28.3 Å². The molecule has 0 aliphatic heterocycles. The predicted molar refractivity (Wildman–Crippen MR) is 494 cm³/mol. The zero-order valence-electron chi connectivity index (χ0n) is 73.2. The van der Waals surface area contributed by atoms with Crippen molar-refractivity contribution in [1.82, 2.24) is 59.8 Å². The van der Waals surface area contributed by atoms with E-state index in [2.05, 4.69) is 142 Å². The fourth-order valence-corrected chi connectivity index (χ4v) is 21.4. The predicted octanol–water partition coefficient (Wildman–Crippen LogP) is 21.8. The molecule has 8 aromatic heterocycles. The van der Waals surface area contributed by atoms with Crippen molar-refractivity contribution in [2.24, 2.45) is 47.3 Å². The third-order valence-electron chi connectivity index (χ3n) is 28.2. The van der Waals surface area contributed by atoms with Gasteiger partial charge in [0.05, 0.1) is 71.8 Å². The number of hydrogen-bond acceptors (Lipinski definition) is 16. The molecule has 128 heavy (non-hydrogen) atoms. The molecule has 20 rings (SSSR count). The molecule has 12 atom stereocenters. The highest BCUT2D eigenvalue weighted by Crippen LogP contribution is 2.57. The standard InChI is InChI=1S/C27H23ClN4O.2C27H24N4O.C26H22N4O/c1-15-5-6-18(13-21(15)28)23-19-7-8-20-16(2)24(33)22(29-4)14-27(20,3)25(19)32-26(31-23)17-9-11-30-12-10-17;2*1-16-5-7-18(8-6-16)23-20-9-10-21-17(2)24(32)22(28-4)15-27(21,3)25(20)31-26(30-23)19-11-13-29-14-12-19;1-16-20-10-9-19-22(17-7-5-4-6-8-17)29-25(18-11-13-28-14-12-18)30-24(19)26(20,2)15-21(27-3)23(16)31/h5-6,9-14,16,20H,7-8H2,1-3H3;2*5-8,11-15,17,21H,9-10H2,1-3H3;4-8,11-16,20H,9-10H2,1-2H3/t16-,20-,27-;2*17-,21-,27-;16-,20-,26-/m1111/s1. The van der Waals surface area contributed by atoms with Crippen LogP contribution in [0.2, 0.25) is 5.02 Å². The minimum atomic E-state index is -0.533. The minimum Gasteiger partial charge on any atom is -0.308 e. The van der Waals surface area contributed by atoms with Gasteiger partial charge in [-0.15, -0.1) is 0 Å². The van der Waals surface area contributed by atoms with Crippen molar-refractivity contribution in [2.75, 3.05) is 0 Å². The van der Waals surface area contributed by atoms with Crippen LogP contribution in [0.3, 0.4) is 0 Å². The number of rotatable bonds is 8. The van der Waals surface area contributed by atoms with E-state index in [1.165, 1.54) is 11.1 Å². The smallest absolute Gasteiger partial charge is 0.226 e. The molecule has 20 nitrogen and oxygen atoms in total. The Morgan fingerprint density at radius 1 is 0.312 bits per heavy atom. The Bertz CT molecular complexity index is 6610. The summed E-state index contributed by atoms with van der Waals surface area (Å²) in [4.78, 5) is 122. The number of halogens is 1. The molecule has 632 valence electrons. The molecule has 0 radical (unpaired) electrons. The number of benzene rings is 4. The highest BCUT2D eigenvalue weighted by atomic mass is 35.5. The maximum atomic E-state index is 12.8. The number of hydrogen-bond donors (Lipinski definition) is 0. The first-order valence-electron chi connectivity index (χ1n) is 43.5. The van der Waals surface area contributed by atoms with Gasteiger partial charge in [0.25, 0.3) is 0 Å². The Labute approximate surface area is 750 Å². The summed E-state index contributed by atoms with van der Waals surface area (Å²) in [6.07, 6.45) is 28.0. The van der Waals surface area contributed by atoms with Crippen molar-refractivity contribution in [3.8, 4) is 90.6 Å². The summed E-state index contributed by atoms with van der Waals surface area (Å²) >= 11 is 6.48. The number of nitrogens with zero attached hydrogens (tertiary/aromatic N) is 16. The summed E-state index contributed by atoms with van der Waals surface area (Å²) < 4.78 is 0. The Kier molecular flexibility index (Phi) is 23.2. The lowest BCUT2D eigenvalue weighted by molar-refractivity contribution is -0.122. The second-order valence-corrected chi connectivity index (χ2v) is 36.2. The number of carbonyl (C=O) groups is 4. The normalized spacial score (nSPS) is 24.2. The number of Topliss-reactive ketones (excluding diaryl/α,β-unsaturated/α-hetero) is 4. The average molecular weight is 1700 g/mol. The van der Waals surface area contributed by atoms with Crippen molar-refractivity contribution < 1.29 is 19.2 Å². The maximum absolute atomic E-state index is 12.8. The molecule has 0 fully saturated rings. The molecule has 0 unspecified atom stereocenters. The van der Waals surface area contributed by atoms with Gasteiger partial charge >= 0.3 is 0 Å². The summed E-state index contributed by atoms with van der Waals surface area (Å²) in [5.74, 6) is 1.90. The van der Waals surface area contributed by atoms with Gasteiger partial charge in [-0.2, -0.15) is 0 Å². The van der Waals surface area contributed by atoms with Crippen LogP contribution in [0.5, 0.6) is 0 Å². The minimum absolute atomic E-state index is 0.0481. The molecular formula is C107H93ClN16O4. The molecule has 8 aliphatic carbocycles. The molecule has 4 aromatic carbocycles. The number of allylic oxidation sites excluding steroid dienone is 8. The van der Waals surface area contributed by atoms with Crippen LogP contribution >= 0.6 is 11.6 Å². The van der Waals surface area contributed by atoms with Crippen molar-refractivity contribution in [1.29, 1.82) is 0 Å². The zero-order chi connectivity index (χ0) is 89.8. The summed E-state index contributed by atoms with van der Waals surface area (Å²) in [5, 5.41) is 0.692. The molecular weight excluding hydrogens is 1610 g/mol. The molecule has 0 N–H and O–H groups in total. The molecule has 8 aliphatic rings. The number of aryl methyl sites for hydroxylation is 3. The lowest BCUT2D eigenvalue weighted by atomic mass is 9.58. The Morgan fingerprint density at radius 3 is 0.805 bits per heavy atom. The lowest BCUT2D eigenvalue weighted by Gasteiger charge is -2.46. The van der Waals surface area contributed by atoms with Crippen LogP contribution in [0.15, 0.2) is 242 Å². The Balaban J connectivity index is 0.000000120. The number of aromatic nitrogens is 12. The van der Waals surface area contributed by atoms with Gasteiger partial charge in [-0.1, -0.05) is 193 Å². The molecule has 12 aromatic rings. The van der Waals surface area contributed by atoms with Crippen molar-refractivity contribution in [2.45, 2.75) is 149 Å². The van der Waals surface area contributed by atoms with E-state index in [1.807, 2.05) is 144 Å². The fraction of sp³-hybridized carbons (Fsp3) is 0.290. The van der Waals surface area contributed by atoms with E-state index in [-0.39, 0.29) is 93.3 Å². The van der Waals surface area contributed by atoms with Gasteiger partial charge in [-0.05, 0) is 156 Å². The van der Waals surface area contributed by atoms with E-state index >= 15 is 0 Å². The molecule has 0 bridgehead atoms. The van der Waals surface area contributed by atoms with E-state index in [1.54, 1.807) is 49.6 Å². The van der Waals surface area contributed by atoms with Crippen LogP contribution in [0.1, 0.15) is 143 Å². The van der Waals surface area contributed by atoms with Crippen LogP contribution in [0.4, 0.5) is 0 Å². The molecule has 0 amide bonds. The van der Waals surface area contributed by atoms with Gasteiger partial charge < -0.3 is 19.2 Å². The van der Waals surface area contributed by atoms with Gasteiger partial charge in [-0.3, -0.25) is 19.9 Å². The third kappa shape index (κ3) is 15.3. The van der Waals surface area contributed by atoms with E-state index in [9.17, 15) is 19.2 Å². The van der Waals surface area contributed by atoms with Crippen molar-refractivity contribution in [3.05, 3.63) is 355 Å². The maximum Gasteiger partial charge on any atom is 0.226 e. The summed E-state index contributed by atoms with van der Waals surface area (Å²) in [6.45, 7) is 52.7. The lowest BCUT2D eigenvalue weighted by Crippen LogP contribution is -2.46. The first kappa shape index (κ1) is 85.8. The fourth-order valence-electron chi connectivity index (χ4n) is 21.2. The first-order valence-corrected chi connectivity index (χ1v) is 43.9. The van der Waals surface area contributed by atoms with Gasteiger partial charge in [0, 0.05) is 167 Å². The van der Waals surface area contributed by atoms with Gasteiger partial charge in [-0.25, -0.2) is 59.3 Å². The van der Waals surface area contributed by atoms with Gasteiger partial charge in [0.15, 0.2) is 46.4 Å². The van der Waals surface area contributed by atoms with E-state index in [4.69, 9.17) is 77.8 Å². The summed E-state index contributed by atoms with van der Waals surface area (Å²) in [5.41, 5.74) is 21.7. The van der Waals surface area contributed by atoms with Crippen LogP contribution in [0, 0.1) is 94.4 Å². The van der Waals surface area contributed by atoms with Crippen LogP contribution in [0.25, 0.3) is 110 Å². The molecule has 0 saturated carbocycles. The number of fused-ring (bicyclic) bond motifs is 12. The summed E-state index contributed by atoms with van der Waals surface area (Å²) in [6, 6.07) is 48.3. The van der Waals surface area contributed by atoms with E-state index < -0.39 is 21.7 Å². The van der Waals surface area contributed by atoms with Crippen LogP contribution in [-0.2, 0) is 66.5 Å². The largest absolute Gasteiger partial charge is 0.308 e. The Morgan fingerprint density at radius 2 is 0.555 bits per heavy atom. The molecule has 0 saturated heterocycles. The topological polar surface area (TPSA) is 240 Å². The number of carbonyl (C=O) groups excluding carboxylic acids is 4. The SMILES string of the molecule is [C-]#[N+]C1=C[C@@]2(C)c3nc(-c4ccncc4)nc(-c4ccc(C)c(Cl)c4)c3CC[C@@H]2[C@@H](C)C1=O.[C-]#[N+]C1=C[C@@]2(C)c3nc(-c4ccncc4)nc(-c4ccc(C)cc4)c3CC[C@@H]2[C@@H](C)C1=O.[C-]#[N+]C1=C[C@@]2(C)c3nc(-c4ccncc4)nc(-c4ccc(C)cc4)c3CC[C@@H]2[C@@H](C)C1=O.[C-]#[N+]C1=C[C@@]2(C)c3nc(-c4ccncc4)nc(-c4ccccc4)c3CC[C@@H]2[C@@H](C)C1=O. The number of pyridine rings is 4.